The Morgan fingerprint density at radius 2 is 1.76 bits per heavy atom. The van der Waals surface area contributed by atoms with Crippen LogP contribution in [0, 0.1) is 5.92 Å². The van der Waals surface area contributed by atoms with Gasteiger partial charge in [0, 0.05) is 0 Å². The van der Waals surface area contributed by atoms with E-state index in [2.05, 4.69) is 10.3 Å². The number of ether oxygens (including phenoxy) is 1. The molecule has 3 aromatic rings. The van der Waals surface area contributed by atoms with Gasteiger partial charge in [-0.2, -0.15) is 0 Å². The van der Waals surface area contributed by atoms with Crippen molar-refractivity contribution in [1.29, 1.82) is 0 Å². The van der Waals surface area contributed by atoms with Gasteiger partial charge in [-0.1, -0.05) is 44.2 Å². The quantitative estimate of drug-likeness (QED) is 0.396. The third kappa shape index (κ3) is 5.96. The van der Waals surface area contributed by atoms with Crippen LogP contribution < -0.4 is 5.32 Å². The number of anilines is 1. The van der Waals surface area contributed by atoms with Gasteiger partial charge in [-0.25, -0.2) is 13.4 Å². The molecule has 1 amide bonds. The van der Waals surface area contributed by atoms with Crippen LogP contribution in [0.4, 0.5) is 5.13 Å². The van der Waals surface area contributed by atoms with Crippen molar-refractivity contribution in [2.45, 2.75) is 45.0 Å². The first-order valence-electron chi connectivity index (χ1n) is 10.6. The maximum absolute atomic E-state index is 13.1. The fourth-order valence-corrected chi connectivity index (χ4v) is 5.00. The van der Waals surface area contributed by atoms with E-state index in [0.29, 0.717) is 33.9 Å². The van der Waals surface area contributed by atoms with E-state index < -0.39 is 21.8 Å². The number of aliphatic hydroxyl groups excluding tert-OH is 2. The van der Waals surface area contributed by atoms with Crippen LogP contribution in [0.2, 0.25) is 0 Å². The van der Waals surface area contributed by atoms with E-state index in [0.717, 1.165) is 4.70 Å². The highest BCUT2D eigenvalue weighted by Gasteiger charge is 2.24. The first-order valence-corrected chi connectivity index (χ1v) is 13.0. The molecule has 1 atom stereocenters. The molecule has 1 aromatic heterocycles. The van der Waals surface area contributed by atoms with Crippen LogP contribution in [-0.2, 0) is 32.6 Å². The summed E-state index contributed by atoms with van der Waals surface area (Å²) in [5, 5.41) is 22.1. The Bertz CT molecular complexity index is 1180. The Labute approximate surface area is 197 Å². The molecule has 1 unspecified atom stereocenters. The number of thiazole rings is 1. The lowest BCUT2D eigenvalue weighted by molar-refractivity contribution is -0.128. The number of rotatable bonds is 10. The summed E-state index contributed by atoms with van der Waals surface area (Å²) < 4.78 is 30.8. The largest absolute Gasteiger partial charge is 0.392 e. The third-order valence-electron chi connectivity index (χ3n) is 5.04. The van der Waals surface area contributed by atoms with Crippen molar-refractivity contribution in [3.8, 4) is 0 Å². The van der Waals surface area contributed by atoms with E-state index in [1.54, 1.807) is 31.2 Å². The fourth-order valence-electron chi connectivity index (χ4n) is 3.21. The van der Waals surface area contributed by atoms with E-state index in [1.165, 1.54) is 23.5 Å². The van der Waals surface area contributed by atoms with Crippen LogP contribution in [-0.4, -0.2) is 41.9 Å². The van der Waals surface area contributed by atoms with Crippen LogP contribution >= 0.6 is 11.3 Å². The molecule has 0 saturated heterocycles. The van der Waals surface area contributed by atoms with Crippen LogP contribution in [0.5, 0.6) is 0 Å². The van der Waals surface area contributed by atoms with Crippen molar-refractivity contribution in [2.24, 2.45) is 5.92 Å². The lowest BCUT2D eigenvalue weighted by atomic mass is 10.1. The second-order valence-corrected chi connectivity index (χ2v) is 11.3. The molecule has 0 fully saturated rings. The van der Waals surface area contributed by atoms with Crippen LogP contribution in [0.1, 0.15) is 43.6 Å². The third-order valence-corrected chi connectivity index (χ3v) is 7.72. The van der Waals surface area contributed by atoms with Gasteiger partial charge in [-0.15, -0.1) is 0 Å². The summed E-state index contributed by atoms with van der Waals surface area (Å²) in [6.07, 6.45) is -0.946. The summed E-state index contributed by atoms with van der Waals surface area (Å²) in [4.78, 5) is 17.7. The average Bonchev–Trinajstić information content (AvgIpc) is 3.19. The Morgan fingerprint density at radius 3 is 2.33 bits per heavy atom. The smallest absolute Gasteiger partial charge is 0.259 e. The minimum atomic E-state index is -3.35. The molecule has 0 aliphatic heterocycles. The van der Waals surface area contributed by atoms with Crippen LogP contribution in [0.3, 0.4) is 0 Å². The lowest BCUT2D eigenvalue weighted by Crippen LogP contribution is -2.25. The van der Waals surface area contributed by atoms with Gasteiger partial charge in [0.15, 0.2) is 21.1 Å². The molecule has 0 aliphatic rings. The highest BCUT2D eigenvalue weighted by molar-refractivity contribution is 7.91. The average molecular weight is 493 g/mol. The molecule has 2 aromatic carbocycles. The maximum atomic E-state index is 13.1. The van der Waals surface area contributed by atoms with Gasteiger partial charge in [0.1, 0.15) is 0 Å². The highest BCUT2D eigenvalue weighted by atomic mass is 32.2. The monoisotopic (exact) mass is 492 g/mol. The summed E-state index contributed by atoms with van der Waals surface area (Å²) in [7, 11) is -3.35. The maximum Gasteiger partial charge on any atom is 0.259 e. The molecular formula is C23H28N2O6S2. The SMILES string of the molecule is CCS(=O)(=O)c1ccc(C(OCC(C)C)C(=O)Nc2nc3cc(CO)c(CO)cc3s2)cc1. The number of fused-ring (bicyclic) bond motifs is 1. The molecule has 1 heterocycles. The first-order chi connectivity index (χ1) is 15.7. The zero-order valence-electron chi connectivity index (χ0n) is 18.7. The van der Waals surface area contributed by atoms with Crippen molar-refractivity contribution >= 4 is 42.4 Å². The molecule has 3 N–H and O–H groups in total. The fraction of sp³-hybridized carbons (Fsp3) is 0.391. The minimum absolute atomic E-state index is 0.00624. The van der Waals surface area contributed by atoms with E-state index in [9.17, 15) is 23.4 Å². The standard InChI is InChI=1S/C23H28N2O6S2/c1-4-33(29,30)18-7-5-15(6-8-18)21(31-13-14(2)3)22(28)25-23-24-19-9-16(11-26)17(12-27)10-20(19)32-23/h5-10,14,21,26-27H,4,11-13H2,1-3H3,(H,24,25,28). The van der Waals surface area contributed by atoms with Crippen LogP contribution in [0.15, 0.2) is 41.3 Å². The number of aliphatic hydroxyl groups is 2. The molecule has 0 saturated carbocycles. The first kappa shape index (κ1) is 25.3. The van der Waals surface area contributed by atoms with Gasteiger partial charge >= 0.3 is 0 Å². The molecule has 0 bridgehead atoms. The number of sulfone groups is 1. The number of nitrogens with one attached hydrogen (secondary N) is 1. The number of amides is 1. The Kier molecular flexibility index (Phi) is 8.19. The van der Waals surface area contributed by atoms with E-state index in [4.69, 9.17) is 4.74 Å². The molecule has 0 aliphatic carbocycles. The van der Waals surface area contributed by atoms with Crippen molar-refractivity contribution in [2.75, 3.05) is 17.7 Å². The van der Waals surface area contributed by atoms with Crippen molar-refractivity contribution < 1.29 is 28.2 Å². The van der Waals surface area contributed by atoms with E-state index in [1.807, 2.05) is 13.8 Å². The number of aromatic nitrogens is 1. The molecular weight excluding hydrogens is 464 g/mol. The Balaban J connectivity index is 1.87. The molecule has 178 valence electrons. The number of carbonyl (C=O) groups excluding carboxylic acids is 1. The van der Waals surface area contributed by atoms with Gasteiger partial charge in [-0.3, -0.25) is 10.1 Å². The second kappa shape index (κ2) is 10.7. The van der Waals surface area contributed by atoms with E-state index in [-0.39, 0.29) is 29.8 Å². The molecule has 8 nitrogen and oxygen atoms in total. The minimum Gasteiger partial charge on any atom is -0.392 e. The second-order valence-electron chi connectivity index (χ2n) is 7.99. The zero-order chi connectivity index (χ0) is 24.2. The predicted molar refractivity (Wildman–Crippen MR) is 128 cm³/mol. The molecule has 0 radical (unpaired) electrons. The number of benzene rings is 2. The van der Waals surface area contributed by atoms with Crippen molar-refractivity contribution in [3.63, 3.8) is 0 Å². The van der Waals surface area contributed by atoms with Crippen molar-refractivity contribution in [3.05, 3.63) is 53.1 Å². The molecule has 0 spiro atoms. The zero-order valence-corrected chi connectivity index (χ0v) is 20.4. The van der Waals surface area contributed by atoms with Crippen LogP contribution in [0.25, 0.3) is 10.2 Å². The Morgan fingerprint density at radius 1 is 1.12 bits per heavy atom. The van der Waals surface area contributed by atoms with Gasteiger partial charge in [-0.05, 0) is 46.9 Å². The van der Waals surface area contributed by atoms with Crippen molar-refractivity contribution in [1.82, 2.24) is 4.98 Å². The molecule has 33 heavy (non-hydrogen) atoms. The number of carbonyl (C=O) groups is 1. The number of nitrogens with zero attached hydrogens (tertiary/aromatic N) is 1. The van der Waals surface area contributed by atoms with Gasteiger partial charge < -0.3 is 14.9 Å². The van der Waals surface area contributed by atoms with Gasteiger partial charge in [0.2, 0.25) is 0 Å². The summed E-state index contributed by atoms with van der Waals surface area (Å²) in [6.45, 7) is 5.43. The Hall–Kier alpha value is -2.37. The van der Waals surface area contributed by atoms with Gasteiger partial charge in [0.05, 0.1) is 40.7 Å². The lowest BCUT2D eigenvalue weighted by Gasteiger charge is -2.19. The summed E-state index contributed by atoms with van der Waals surface area (Å²) >= 11 is 1.25. The molecule has 10 heteroatoms. The number of hydrogen-bond donors (Lipinski definition) is 3. The summed E-state index contributed by atoms with van der Waals surface area (Å²) in [6, 6.07) is 9.58. The molecule has 3 rings (SSSR count). The van der Waals surface area contributed by atoms with Gasteiger partial charge in [0.25, 0.3) is 5.91 Å². The normalized spacial score (nSPS) is 12.9. The summed E-state index contributed by atoms with van der Waals surface area (Å²) in [5.41, 5.74) is 2.32. The number of hydrogen-bond acceptors (Lipinski definition) is 8. The highest BCUT2D eigenvalue weighted by Crippen LogP contribution is 2.30. The summed E-state index contributed by atoms with van der Waals surface area (Å²) in [5.74, 6) is -0.241. The predicted octanol–water partition coefficient (Wildman–Crippen LogP) is 3.43. The topological polar surface area (TPSA) is 126 Å². The van der Waals surface area contributed by atoms with E-state index >= 15 is 0 Å².